The minimum atomic E-state index is -0.187. The molecule has 0 bridgehead atoms. The topological polar surface area (TPSA) is 71.7 Å². The standard InChI is InChI=1S/C17H26N4O2/c1-20(13-5-2-3-6-13)12-17(22)21-9-10-23-15(11-21)14-7-4-8-16(18)19-14/h4,7-8,13,15H,2-3,5-6,9-12H2,1H3,(H2,18,19)/t15-/m0/s1. The third-order valence-corrected chi connectivity index (χ3v) is 4.87. The summed E-state index contributed by atoms with van der Waals surface area (Å²) in [4.78, 5) is 21.0. The lowest BCUT2D eigenvalue weighted by Crippen LogP contribution is -2.47. The maximum atomic E-state index is 12.6. The average Bonchev–Trinajstić information content (AvgIpc) is 3.09. The molecule has 1 saturated heterocycles. The highest BCUT2D eigenvalue weighted by Gasteiger charge is 2.28. The molecule has 3 rings (SSSR count). The molecular formula is C17H26N4O2. The summed E-state index contributed by atoms with van der Waals surface area (Å²) in [7, 11) is 2.06. The fourth-order valence-electron chi connectivity index (χ4n) is 3.49. The van der Waals surface area contributed by atoms with Crippen LogP contribution in [0.3, 0.4) is 0 Å². The van der Waals surface area contributed by atoms with E-state index in [1.807, 2.05) is 17.0 Å². The molecule has 0 aromatic carbocycles. The van der Waals surface area contributed by atoms with E-state index in [1.165, 1.54) is 25.7 Å². The quantitative estimate of drug-likeness (QED) is 0.909. The number of rotatable bonds is 4. The van der Waals surface area contributed by atoms with Crippen molar-refractivity contribution >= 4 is 11.7 Å². The van der Waals surface area contributed by atoms with E-state index in [9.17, 15) is 4.79 Å². The number of nitrogen functional groups attached to an aromatic ring is 1. The van der Waals surface area contributed by atoms with Gasteiger partial charge in [-0.2, -0.15) is 0 Å². The van der Waals surface area contributed by atoms with Gasteiger partial charge in [0.25, 0.3) is 0 Å². The van der Waals surface area contributed by atoms with Crippen LogP contribution < -0.4 is 5.73 Å². The minimum Gasteiger partial charge on any atom is -0.384 e. The number of anilines is 1. The molecule has 2 heterocycles. The lowest BCUT2D eigenvalue weighted by atomic mass is 10.1. The van der Waals surface area contributed by atoms with Gasteiger partial charge in [0.05, 0.1) is 25.4 Å². The molecule has 0 radical (unpaired) electrons. The molecule has 1 aliphatic heterocycles. The van der Waals surface area contributed by atoms with E-state index in [-0.39, 0.29) is 12.0 Å². The van der Waals surface area contributed by atoms with Crippen LogP contribution in [-0.4, -0.2) is 60.0 Å². The van der Waals surface area contributed by atoms with Crippen LogP contribution in [0.2, 0.25) is 0 Å². The van der Waals surface area contributed by atoms with Crippen molar-refractivity contribution in [1.82, 2.24) is 14.8 Å². The summed E-state index contributed by atoms with van der Waals surface area (Å²) in [5.41, 5.74) is 6.54. The molecule has 0 spiro atoms. The SMILES string of the molecule is CN(CC(=O)N1CCO[C@H](c2cccc(N)n2)C1)C1CCCC1. The van der Waals surface area contributed by atoms with Gasteiger partial charge in [0.15, 0.2) is 0 Å². The van der Waals surface area contributed by atoms with Crippen LogP contribution in [0, 0.1) is 0 Å². The zero-order chi connectivity index (χ0) is 16.2. The number of hydrogen-bond acceptors (Lipinski definition) is 5. The Morgan fingerprint density at radius 3 is 2.96 bits per heavy atom. The summed E-state index contributed by atoms with van der Waals surface area (Å²) in [6.45, 7) is 2.23. The molecule has 6 nitrogen and oxygen atoms in total. The highest BCUT2D eigenvalue weighted by Crippen LogP contribution is 2.24. The van der Waals surface area contributed by atoms with Crippen molar-refractivity contribution in [1.29, 1.82) is 0 Å². The number of amides is 1. The van der Waals surface area contributed by atoms with Crippen molar-refractivity contribution in [3.8, 4) is 0 Å². The molecule has 0 unspecified atom stereocenters. The summed E-state index contributed by atoms with van der Waals surface area (Å²) in [5, 5.41) is 0. The second-order valence-electron chi connectivity index (χ2n) is 6.54. The second-order valence-corrected chi connectivity index (χ2v) is 6.54. The van der Waals surface area contributed by atoms with Crippen LogP contribution in [0.1, 0.15) is 37.5 Å². The fraction of sp³-hybridized carbons (Fsp3) is 0.647. The third-order valence-electron chi connectivity index (χ3n) is 4.87. The first-order valence-corrected chi connectivity index (χ1v) is 8.45. The molecule has 126 valence electrons. The van der Waals surface area contributed by atoms with Gasteiger partial charge in [0.2, 0.25) is 5.91 Å². The smallest absolute Gasteiger partial charge is 0.236 e. The largest absolute Gasteiger partial charge is 0.384 e. The summed E-state index contributed by atoms with van der Waals surface area (Å²) in [6, 6.07) is 6.09. The van der Waals surface area contributed by atoms with Crippen molar-refractivity contribution in [2.45, 2.75) is 37.8 Å². The lowest BCUT2D eigenvalue weighted by molar-refractivity contribution is -0.140. The van der Waals surface area contributed by atoms with Crippen molar-refractivity contribution in [2.75, 3.05) is 39.0 Å². The van der Waals surface area contributed by atoms with Crippen LogP contribution in [0.5, 0.6) is 0 Å². The number of pyridine rings is 1. The molecule has 2 aliphatic rings. The predicted molar refractivity (Wildman–Crippen MR) is 88.8 cm³/mol. The average molecular weight is 318 g/mol. The van der Waals surface area contributed by atoms with E-state index in [0.717, 1.165) is 5.69 Å². The van der Waals surface area contributed by atoms with Gasteiger partial charge >= 0.3 is 0 Å². The van der Waals surface area contributed by atoms with Gasteiger partial charge in [-0.05, 0) is 32.0 Å². The molecule has 23 heavy (non-hydrogen) atoms. The number of ether oxygens (including phenoxy) is 1. The number of nitrogens with two attached hydrogens (primary N) is 1. The van der Waals surface area contributed by atoms with Gasteiger partial charge in [-0.3, -0.25) is 9.69 Å². The number of hydrogen-bond donors (Lipinski definition) is 1. The Labute approximate surface area is 137 Å². The lowest BCUT2D eigenvalue weighted by Gasteiger charge is -2.34. The maximum absolute atomic E-state index is 12.6. The van der Waals surface area contributed by atoms with Crippen molar-refractivity contribution in [2.24, 2.45) is 0 Å². The molecule has 1 atom stereocenters. The minimum absolute atomic E-state index is 0.177. The van der Waals surface area contributed by atoms with E-state index < -0.39 is 0 Å². The Balaban J connectivity index is 1.58. The molecule has 2 N–H and O–H groups in total. The van der Waals surface area contributed by atoms with E-state index in [1.54, 1.807) is 6.07 Å². The Morgan fingerprint density at radius 2 is 2.22 bits per heavy atom. The van der Waals surface area contributed by atoms with E-state index in [4.69, 9.17) is 10.5 Å². The molecular weight excluding hydrogens is 292 g/mol. The Morgan fingerprint density at radius 1 is 1.43 bits per heavy atom. The molecule has 1 aromatic rings. The maximum Gasteiger partial charge on any atom is 0.236 e. The van der Waals surface area contributed by atoms with Gasteiger partial charge in [0, 0.05) is 12.6 Å². The number of likely N-dealkylation sites (N-methyl/N-ethyl adjacent to an activating group) is 1. The van der Waals surface area contributed by atoms with Gasteiger partial charge in [-0.15, -0.1) is 0 Å². The third kappa shape index (κ3) is 4.00. The van der Waals surface area contributed by atoms with Crippen LogP contribution in [-0.2, 0) is 9.53 Å². The summed E-state index contributed by atoms with van der Waals surface area (Å²) in [6.07, 6.45) is 4.80. The second kappa shape index (κ2) is 7.27. The number of nitrogens with zero attached hydrogens (tertiary/aromatic N) is 3. The highest BCUT2D eigenvalue weighted by molar-refractivity contribution is 5.78. The number of morpholine rings is 1. The number of carbonyl (C=O) groups is 1. The first kappa shape index (κ1) is 16.2. The normalized spacial score (nSPS) is 22.7. The van der Waals surface area contributed by atoms with E-state index in [2.05, 4.69) is 16.9 Å². The predicted octanol–water partition coefficient (Wildman–Crippen LogP) is 1.44. The zero-order valence-electron chi connectivity index (χ0n) is 13.8. The fourth-order valence-corrected chi connectivity index (χ4v) is 3.49. The van der Waals surface area contributed by atoms with Gasteiger partial charge < -0.3 is 15.4 Å². The monoisotopic (exact) mass is 318 g/mol. The van der Waals surface area contributed by atoms with Gasteiger partial charge in [-0.1, -0.05) is 18.9 Å². The molecule has 1 aliphatic carbocycles. The zero-order valence-corrected chi connectivity index (χ0v) is 13.8. The number of carbonyl (C=O) groups excluding carboxylic acids is 1. The summed E-state index contributed by atoms with van der Waals surface area (Å²) >= 11 is 0. The van der Waals surface area contributed by atoms with Crippen molar-refractivity contribution in [3.63, 3.8) is 0 Å². The van der Waals surface area contributed by atoms with Crippen LogP contribution in [0.15, 0.2) is 18.2 Å². The highest BCUT2D eigenvalue weighted by atomic mass is 16.5. The first-order valence-electron chi connectivity index (χ1n) is 8.45. The molecule has 1 aromatic heterocycles. The molecule has 1 saturated carbocycles. The number of aromatic nitrogens is 1. The Hall–Kier alpha value is -1.66. The summed E-state index contributed by atoms with van der Waals surface area (Å²) < 4.78 is 5.78. The summed E-state index contributed by atoms with van der Waals surface area (Å²) in [5.74, 6) is 0.659. The molecule has 1 amide bonds. The Kier molecular flexibility index (Phi) is 5.13. The van der Waals surface area contributed by atoms with Crippen molar-refractivity contribution < 1.29 is 9.53 Å². The van der Waals surface area contributed by atoms with Crippen LogP contribution >= 0.6 is 0 Å². The Bertz CT molecular complexity index is 545. The van der Waals surface area contributed by atoms with Crippen molar-refractivity contribution in [3.05, 3.63) is 23.9 Å². The van der Waals surface area contributed by atoms with E-state index >= 15 is 0 Å². The molecule has 6 heteroatoms. The van der Waals surface area contributed by atoms with Crippen LogP contribution in [0.25, 0.3) is 0 Å². The first-order chi connectivity index (χ1) is 11.1. The van der Waals surface area contributed by atoms with Gasteiger partial charge in [-0.25, -0.2) is 4.98 Å². The van der Waals surface area contributed by atoms with Gasteiger partial charge in [0.1, 0.15) is 11.9 Å². The van der Waals surface area contributed by atoms with E-state index in [0.29, 0.717) is 38.1 Å². The molecule has 2 fully saturated rings. The van der Waals surface area contributed by atoms with Crippen LogP contribution in [0.4, 0.5) is 5.82 Å².